The second kappa shape index (κ2) is 10.0. The predicted molar refractivity (Wildman–Crippen MR) is 147 cm³/mol. The molecule has 0 N–H and O–H groups in total. The van der Waals surface area contributed by atoms with Crippen molar-refractivity contribution in [3.05, 3.63) is 78.3 Å². The molecule has 0 bridgehead atoms. The van der Waals surface area contributed by atoms with Gasteiger partial charge in [-0.1, -0.05) is 18.7 Å². The Morgan fingerprint density at radius 1 is 1.05 bits per heavy atom. The van der Waals surface area contributed by atoms with Gasteiger partial charge in [0.25, 0.3) is 5.91 Å². The highest BCUT2D eigenvalue weighted by Gasteiger charge is 2.28. The standard InChI is InChI=1S/C30H30N3O5/c1-19-6-15-28(34)33(19)38-29(35)18-36-23-11-7-20(8-12-23)30-24-13-9-21(31(2)3)16-26(24)37-27-17-22(32(4)5)10-14-25(27)30/h7-14,16-17H,1,6,15,18H2,2-5H3/q+1. The fourth-order valence-electron chi connectivity index (χ4n) is 4.47. The molecular weight excluding hydrogens is 482 g/mol. The van der Waals surface area contributed by atoms with E-state index < -0.39 is 5.97 Å². The first-order chi connectivity index (χ1) is 18.2. The molecule has 2 aromatic rings. The van der Waals surface area contributed by atoms with E-state index in [1.807, 2.05) is 74.1 Å². The van der Waals surface area contributed by atoms with Crippen LogP contribution in [0.5, 0.6) is 5.75 Å². The summed E-state index contributed by atoms with van der Waals surface area (Å²) in [7, 11) is 8.00. The average Bonchev–Trinajstić information content (AvgIpc) is 3.22. The Hall–Kier alpha value is -4.59. The number of ether oxygens (including phenoxy) is 1. The summed E-state index contributed by atoms with van der Waals surface area (Å²) in [6.45, 7) is 3.41. The quantitative estimate of drug-likeness (QED) is 0.284. The van der Waals surface area contributed by atoms with Crippen LogP contribution < -0.4 is 19.6 Å². The molecule has 8 nitrogen and oxygen atoms in total. The highest BCUT2D eigenvalue weighted by molar-refractivity contribution is 6.02. The minimum absolute atomic E-state index is 0.280. The van der Waals surface area contributed by atoms with Crippen LogP contribution in [0.25, 0.3) is 33.4 Å². The van der Waals surface area contributed by atoms with Crippen molar-refractivity contribution in [3.8, 4) is 28.2 Å². The molecule has 5 rings (SSSR count). The molecule has 194 valence electrons. The number of hydrogen-bond donors (Lipinski definition) is 0. The summed E-state index contributed by atoms with van der Waals surface area (Å²) in [5.74, 6) is 0.352. The molecule has 1 aliphatic carbocycles. The van der Waals surface area contributed by atoms with Crippen molar-refractivity contribution in [2.24, 2.45) is 0 Å². The molecule has 3 aliphatic rings. The van der Waals surface area contributed by atoms with Crippen LogP contribution in [0.1, 0.15) is 12.8 Å². The smallest absolute Gasteiger partial charge is 0.370 e. The maximum Gasteiger partial charge on any atom is 0.370 e. The summed E-state index contributed by atoms with van der Waals surface area (Å²) in [4.78, 5) is 31.1. The van der Waals surface area contributed by atoms with Gasteiger partial charge in [-0.15, -0.1) is 5.06 Å². The van der Waals surface area contributed by atoms with Gasteiger partial charge >= 0.3 is 5.97 Å². The molecule has 38 heavy (non-hydrogen) atoms. The number of fused-ring (bicyclic) bond motifs is 2. The van der Waals surface area contributed by atoms with E-state index in [-0.39, 0.29) is 18.9 Å². The molecule has 1 saturated heterocycles. The molecular formula is C30H30N3O5+. The number of nitrogens with zero attached hydrogens (tertiary/aromatic N) is 3. The molecule has 2 heterocycles. The van der Waals surface area contributed by atoms with Gasteiger partial charge in [0.2, 0.25) is 5.36 Å². The van der Waals surface area contributed by atoms with Crippen LogP contribution >= 0.6 is 0 Å². The predicted octanol–water partition coefficient (Wildman–Crippen LogP) is 4.28. The van der Waals surface area contributed by atoms with Gasteiger partial charge in [0.05, 0.1) is 11.8 Å². The number of carbonyl (C=O) groups is 2. The van der Waals surface area contributed by atoms with E-state index in [4.69, 9.17) is 14.0 Å². The van der Waals surface area contributed by atoms with Gasteiger partial charge in [0.15, 0.2) is 6.61 Å². The zero-order chi connectivity index (χ0) is 27.0. The number of amides is 1. The van der Waals surface area contributed by atoms with Crippen LogP contribution in [0.2, 0.25) is 0 Å². The Labute approximate surface area is 220 Å². The van der Waals surface area contributed by atoms with Gasteiger partial charge in [-0.05, 0) is 42.3 Å². The minimum Gasteiger partial charge on any atom is -0.482 e. The molecule has 0 spiro atoms. The van der Waals surface area contributed by atoms with Gasteiger partial charge in [0, 0.05) is 54.8 Å². The summed E-state index contributed by atoms with van der Waals surface area (Å²) >= 11 is 0. The number of hydrogen-bond acceptors (Lipinski definition) is 6. The monoisotopic (exact) mass is 512 g/mol. The lowest BCUT2D eigenvalue weighted by Crippen LogP contribution is -2.29. The van der Waals surface area contributed by atoms with E-state index in [2.05, 4.69) is 30.8 Å². The number of benzene rings is 3. The molecule has 0 saturated carbocycles. The van der Waals surface area contributed by atoms with Crippen molar-refractivity contribution in [3.63, 3.8) is 0 Å². The van der Waals surface area contributed by atoms with Crippen molar-refractivity contribution in [2.45, 2.75) is 12.8 Å². The van der Waals surface area contributed by atoms with E-state index >= 15 is 0 Å². The molecule has 1 amide bonds. The van der Waals surface area contributed by atoms with Crippen molar-refractivity contribution in [2.75, 3.05) is 39.7 Å². The summed E-state index contributed by atoms with van der Waals surface area (Å²) in [5, 5.41) is 2.99. The van der Waals surface area contributed by atoms with Crippen molar-refractivity contribution in [1.82, 2.24) is 9.64 Å². The van der Waals surface area contributed by atoms with Crippen LogP contribution in [0.3, 0.4) is 0 Å². The zero-order valence-electron chi connectivity index (χ0n) is 22.0. The lowest BCUT2D eigenvalue weighted by molar-refractivity contribution is -0.188. The van der Waals surface area contributed by atoms with Crippen LogP contribution in [0.15, 0.2) is 77.4 Å². The lowest BCUT2D eigenvalue weighted by Gasteiger charge is -2.18. The normalized spacial score (nSPS) is 13.3. The Kier molecular flexibility index (Phi) is 6.63. The number of anilines is 1. The first kappa shape index (κ1) is 25.1. The Morgan fingerprint density at radius 3 is 2.47 bits per heavy atom. The van der Waals surface area contributed by atoms with Crippen molar-refractivity contribution < 1.29 is 23.6 Å². The number of carbonyl (C=O) groups excluding carboxylic acids is 2. The largest absolute Gasteiger partial charge is 0.482 e. The molecule has 2 aromatic carbocycles. The lowest BCUT2D eigenvalue weighted by atomic mass is 9.93. The number of rotatable bonds is 6. The van der Waals surface area contributed by atoms with E-state index in [9.17, 15) is 9.59 Å². The third-order valence-electron chi connectivity index (χ3n) is 6.56. The topological polar surface area (TPSA) is 75.2 Å². The first-order valence-corrected chi connectivity index (χ1v) is 12.3. The fourth-order valence-corrected chi connectivity index (χ4v) is 4.47. The molecule has 0 radical (unpaired) electrons. The molecule has 0 atom stereocenters. The highest BCUT2D eigenvalue weighted by Crippen LogP contribution is 2.41. The molecule has 8 heteroatoms. The van der Waals surface area contributed by atoms with Crippen LogP contribution in [-0.4, -0.2) is 51.7 Å². The van der Waals surface area contributed by atoms with Crippen LogP contribution in [-0.2, 0) is 14.4 Å². The van der Waals surface area contributed by atoms with E-state index in [1.165, 1.54) is 0 Å². The molecule has 1 fully saturated rings. The Morgan fingerprint density at radius 2 is 1.82 bits per heavy atom. The van der Waals surface area contributed by atoms with Crippen molar-refractivity contribution in [1.29, 1.82) is 0 Å². The summed E-state index contributed by atoms with van der Waals surface area (Å²) in [5.41, 5.74) is 5.33. The fraction of sp³-hybridized carbons (Fsp3) is 0.233. The number of hydroxylamine groups is 2. The first-order valence-electron chi connectivity index (χ1n) is 12.3. The third kappa shape index (κ3) is 4.85. The molecule has 0 unspecified atom stereocenters. The maximum absolute atomic E-state index is 12.2. The van der Waals surface area contributed by atoms with E-state index in [0.29, 0.717) is 17.9 Å². The summed E-state index contributed by atoms with van der Waals surface area (Å²) < 4.78 is 14.1. The Bertz CT molecular complexity index is 1580. The van der Waals surface area contributed by atoms with Gasteiger partial charge in [-0.3, -0.25) is 4.79 Å². The summed E-state index contributed by atoms with van der Waals surface area (Å²) in [6.07, 6.45) is 0.773. The summed E-state index contributed by atoms with van der Waals surface area (Å²) in [6, 6.07) is 19.9. The maximum atomic E-state index is 12.2. The van der Waals surface area contributed by atoms with Gasteiger partial charge in [0.1, 0.15) is 31.2 Å². The van der Waals surface area contributed by atoms with Gasteiger partial charge < -0.3 is 18.9 Å². The second-order valence-electron chi connectivity index (χ2n) is 9.66. The van der Waals surface area contributed by atoms with Crippen molar-refractivity contribution >= 4 is 28.5 Å². The molecule has 0 aromatic heterocycles. The van der Waals surface area contributed by atoms with Gasteiger partial charge in [-0.25, -0.2) is 9.37 Å². The van der Waals surface area contributed by atoms with Crippen LogP contribution in [0, 0.1) is 0 Å². The van der Waals surface area contributed by atoms with E-state index in [1.54, 1.807) is 0 Å². The third-order valence-corrected chi connectivity index (χ3v) is 6.56. The van der Waals surface area contributed by atoms with Gasteiger partial charge in [-0.2, -0.15) is 0 Å². The SMILES string of the molecule is C=C1CCC(=O)N1OC(=O)COc1ccc(-c2c3ccc(=[N+](C)C)cc-3oc3cc(N(C)C)ccc23)cc1. The highest BCUT2D eigenvalue weighted by atomic mass is 16.7. The Balaban J connectivity index is 1.46. The van der Waals surface area contributed by atoms with Crippen LogP contribution in [0.4, 0.5) is 5.69 Å². The molecule has 2 aliphatic heterocycles. The zero-order valence-corrected chi connectivity index (χ0v) is 22.0. The second-order valence-corrected chi connectivity index (χ2v) is 9.66. The van der Waals surface area contributed by atoms with E-state index in [0.717, 1.165) is 49.5 Å². The number of allylic oxidation sites excluding steroid dienone is 1. The average molecular weight is 513 g/mol. The minimum atomic E-state index is -0.666.